The zero-order valence-corrected chi connectivity index (χ0v) is 6.89. The van der Waals surface area contributed by atoms with Crippen LogP contribution >= 0.6 is 0 Å². The number of likely N-dealkylation sites (N-methyl/N-ethyl adjacent to an activating group) is 2. The summed E-state index contributed by atoms with van der Waals surface area (Å²) >= 11 is 0. The minimum absolute atomic E-state index is 0. The van der Waals surface area contributed by atoms with E-state index in [0.717, 1.165) is 13.1 Å². The van der Waals surface area contributed by atoms with Gasteiger partial charge in [-0.15, -0.1) is 0 Å². The Morgan fingerprint density at radius 3 is 1.11 bits per heavy atom. The van der Waals surface area contributed by atoms with Gasteiger partial charge in [-0.05, 0) is 28.2 Å². The second-order valence-corrected chi connectivity index (χ2v) is 2.61. The van der Waals surface area contributed by atoms with Gasteiger partial charge >= 0.3 is 0 Å². The van der Waals surface area contributed by atoms with Crippen molar-refractivity contribution in [2.75, 3.05) is 41.3 Å². The van der Waals surface area contributed by atoms with E-state index in [9.17, 15) is 0 Å². The maximum absolute atomic E-state index is 2.18. The summed E-state index contributed by atoms with van der Waals surface area (Å²) in [6.07, 6.45) is 0. The highest BCUT2D eigenvalue weighted by atomic mass is 15.1. The molecule has 9 heavy (non-hydrogen) atoms. The summed E-state index contributed by atoms with van der Waals surface area (Å²) in [7, 11) is 8.35. The van der Waals surface area contributed by atoms with E-state index >= 15 is 0 Å². The summed E-state index contributed by atoms with van der Waals surface area (Å²) < 4.78 is 0. The molecule has 0 aliphatic rings. The monoisotopic (exact) mass is 127 g/mol. The number of rotatable bonds is 3. The first-order valence-corrected chi connectivity index (χ1v) is 2.92. The van der Waals surface area contributed by atoms with Gasteiger partial charge in [0.15, 0.2) is 0 Å². The lowest BCUT2D eigenvalue weighted by atomic mass is 10.5. The fourth-order valence-electron chi connectivity index (χ4n) is 0.400. The molecule has 0 spiro atoms. The predicted molar refractivity (Wildman–Crippen MR) is 42.9 cm³/mol. The maximum atomic E-state index is 2.18. The molecule has 3 radical (unpaired) electrons. The first kappa shape index (κ1) is 11.7. The van der Waals surface area contributed by atoms with Gasteiger partial charge in [0, 0.05) is 21.5 Å². The summed E-state index contributed by atoms with van der Waals surface area (Å²) in [4.78, 5) is 4.36. The maximum Gasteiger partial charge on any atom is 0.0103 e. The van der Waals surface area contributed by atoms with E-state index in [4.69, 9.17) is 0 Å². The lowest BCUT2D eigenvalue weighted by molar-refractivity contribution is 0.320. The molecule has 0 aliphatic heterocycles. The van der Waals surface area contributed by atoms with Crippen LogP contribution in [0.3, 0.4) is 0 Å². The molecule has 0 saturated heterocycles. The number of hydrogen-bond acceptors (Lipinski definition) is 2. The highest BCUT2D eigenvalue weighted by Gasteiger charge is 1.89. The Morgan fingerprint density at radius 1 is 0.778 bits per heavy atom. The van der Waals surface area contributed by atoms with Crippen molar-refractivity contribution in [2.24, 2.45) is 0 Å². The molecule has 0 amide bonds. The van der Waals surface area contributed by atoms with Crippen LogP contribution in [0.15, 0.2) is 0 Å². The first-order valence-electron chi connectivity index (χ1n) is 2.92. The van der Waals surface area contributed by atoms with Gasteiger partial charge in [0.2, 0.25) is 0 Å². The molecule has 0 fully saturated rings. The topological polar surface area (TPSA) is 6.48 Å². The average molecular weight is 127 g/mol. The minimum atomic E-state index is 0. The van der Waals surface area contributed by atoms with Gasteiger partial charge in [-0.2, -0.15) is 0 Å². The molecule has 0 aliphatic carbocycles. The molecule has 0 saturated carbocycles. The van der Waals surface area contributed by atoms with Crippen molar-refractivity contribution in [2.45, 2.75) is 0 Å². The summed E-state index contributed by atoms with van der Waals surface area (Å²) in [5, 5.41) is 0. The van der Waals surface area contributed by atoms with Crippen LogP contribution in [0.5, 0.6) is 0 Å². The van der Waals surface area contributed by atoms with Crippen LogP contribution in [0.25, 0.3) is 0 Å². The highest BCUT2D eigenvalue weighted by molar-refractivity contribution is 5.75. The third kappa shape index (κ3) is 11.5. The Kier molecular flexibility index (Phi) is 7.97. The molecule has 0 aromatic rings. The second kappa shape index (κ2) is 6.11. The van der Waals surface area contributed by atoms with Gasteiger partial charge in [0.1, 0.15) is 0 Å². The third-order valence-corrected chi connectivity index (χ3v) is 0.994. The lowest BCUT2D eigenvalue weighted by Gasteiger charge is -2.13. The van der Waals surface area contributed by atoms with E-state index < -0.39 is 0 Å². The Morgan fingerprint density at radius 2 is 1.00 bits per heavy atom. The highest BCUT2D eigenvalue weighted by Crippen LogP contribution is 1.76. The van der Waals surface area contributed by atoms with Gasteiger partial charge in [0.05, 0.1) is 0 Å². The number of nitrogens with zero attached hydrogens (tertiary/aromatic N) is 2. The van der Waals surface area contributed by atoms with E-state index in [0.29, 0.717) is 0 Å². The summed E-state index contributed by atoms with van der Waals surface area (Å²) in [6.45, 7) is 2.29. The summed E-state index contributed by atoms with van der Waals surface area (Å²) in [5.74, 6) is 0. The smallest absolute Gasteiger partial charge is 0.0103 e. The van der Waals surface area contributed by atoms with Crippen molar-refractivity contribution in [3.05, 3.63) is 0 Å². The molecule has 53 valence electrons. The van der Waals surface area contributed by atoms with Gasteiger partial charge in [0.25, 0.3) is 0 Å². The van der Waals surface area contributed by atoms with Crippen LogP contribution in [-0.2, 0) is 0 Å². The van der Waals surface area contributed by atoms with E-state index in [1.807, 2.05) is 0 Å². The van der Waals surface area contributed by atoms with Gasteiger partial charge < -0.3 is 9.80 Å². The summed E-state index contributed by atoms with van der Waals surface area (Å²) in [5.41, 5.74) is 0. The standard InChI is InChI=1S/C6H16N2.B/c1-7(2)5-6-8(3)4;/h5-6H2,1-4H3;. The molecule has 0 atom stereocenters. The molecule has 2 nitrogen and oxygen atoms in total. The normalized spacial score (nSPS) is 10.0. The van der Waals surface area contributed by atoms with Crippen LogP contribution < -0.4 is 0 Å². The Labute approximate surface area is 60.4 Å². The molecular weight excluding hydrogens is 111 g/mol. The minimum Gasteiger partial charge on any atom is -0.308 e. The Hall–Kier alpha value is -0.0151. The Bertz CT molecular complexity index is 47.0. The zero-order valence-electron chi connectivity index (χ0n) is 6.89. The van der Waals surface area contributed by atoms with E-state index in [1.165, 1.54) is 0 Å². The molecule has 0 rings (SSSR count). The fourth-order valence-corrected chi connectivity index (χ4v) is 0.400. The van der Waals surface area contributed by atoms with Crippen LogP contribution in [0, 0.1) is 0 Å². The second-order valence-electron chi connectivity index (χ2n) is 2.61. The Balaban J connectivity index is 0. The first-order chi connectivity index (χ1) is 3.63. The van der Waals surface area contributed by atoms with Crippen LogP contribution in [0.1, 0.15) is 0 Å². The van der Waals surface area contributed by atoms with Crippen molar-refractivity contribution in [1.82, 2.24) is 9.80 Å². The van der Waals surface area contributed by atoms with Crippen LogP contribution in [0.2, 0.25) is 0 Å². The van der Waals surface area contributed by atoms with E-state index in [1.54, 1.807) is 0 Å². The zero-order chi connectivity index (χ0) is 6.57. The SMILES string of the molecule is CN(C)CCN(C)C.[B]. The van der Waals surface area contributed by atoms with Crippen molar-refractivity contribution >= 4 is 8.41 Å². The molecule has 0 heterocycles. The van der Waals surface area contributed by atoms with Crippen molar-refractivity contribution in [3.8, 4) is 0 Å². The van der Waals surface area contributed by atoms with Crippen LogP contribution in [0.4, 0.5) is 0 Å². The molecule has 0 aromatic heterocycles. The van der Waals surface area contributed by atoms with Crippen molar-refractivity contribution in [1.29, 1.82) is 0 Å². The summed E-state index contributed by atoms with van der Waals surface area (Å²) in [6, 6.07) is 0. The molecule has 0 aromatic carbocycles. The molecule has 0 unspecified atom stereocenters. The molecule has 3 heteroatoms. The fraction of sp³-hybridized carbons (Fsp3) is 1.00. The van der Waals surface area contributed by atoms with Crippen LogP contribution in [-0.4, -0.2) is 59.5 Å². The quantitative estimate of drug-likeness (QED) is 0.481. The molecular formula is C6H16BN2. The van der Waals surface area contributed by atoms with E-state index in [2.05, 4.69) is 38.0 Å². The largest absolute Gasteiger partial charge is 0.308 e. The average Bonchev–Trinajstić information content (AvgIpc) is 1.61. The predicted octanol–water partition coefficient (Wildman–Crippen LogP) is -0.271. The lowest BCUT2D eigenvalue weighted by Crippen LogP contribution is -2.25. The molecule has 0 bridgehead atoms. The third-order valence-electron chi connectivity index (χ3n) is 0.994. The van der Waals surface area contributed by atoms with Gasteiger partial charge in [-0.3, -0.25) is 0 Å². The van der Waals surface area contributed by atoms with Crippen molar-refractivity contribution < 1.29 is 0 Å². The van der Waals surface area contributed by atoms with Gasteiger partial charge in [-0.1, -0.05) is 0 Å². The van der Waals surface area contributed by atoms with Crippen molar-refractivity contribution in [3.63, 3.8) is 0 Å². The van der Waals surface area contributed by atoms with E-state index in [-0.39, 0.29) is 8.41 Å². The number of hydrogen-bond donors (Lipinski definition) is 0. The molecule has 0 N–H and O–H groups in total. The van der Waals surface area contributed by atoms with Gasteiger partial charge in [-0.25, -0.2) is 0 Å².